The van der Waals surface area contributed by atoms with Crippen molar-refractivity contribution < 1.29 is 8.42 Å². The molecule has 0 aromatic heterocycles. The number of nitrogen functional groups attached to an aromatic ring is 1. The van der Waals surface area contributed by atoms with Gasteiger partial charge < -0.3 is 5.73 Å². The van der Waals surface area contributed by atoms with Crippen LogP contribution in [0.25, 0.3) is 0 Å². The van der Waals surface area contributed by atoms with E-state index in [1.54, 1.807) is 22.5 Å². The Morgan fingerprint density at radius 2 is 1.94 bits per heavy atom. The van der Waals surface area contributed by atoms with Gasteiger partial charge in [0.2, 0.25) is 10.0 Å². The van der Waals surface area contributed by atoms with E-state index in [4.69, 9.17) is 5.73 Å². The van der Waals surface area contributed by atoms with Crippen LogP contribution in [0.3, 0.4) is 0 Å². The molecule has 4 nitrogen and oxygen atoms in total. The van der Waals surface area contributed by atoms with E-state index in [2.05, 4.69) is 6.92 Å². The molecule has 0 saturated carbocycles. The minimum atomic E-state index is -3.35. The minimum Gasteiger partial charge on any atom is -0.399 e. The Labute approximate surface area is 102 Å². The van der Waals surface area contributed by atoms with Crippen LogP contribution in [0.2, 0.25) is 0 Å². The van der Waals surface area contributed by atoms with Crippen LogP contribution in [0.15, 0.2) is 29.2 Å². The number of hydrogen-bond donors (Lipinski definition) is 1. The summed E-state index contributed by atoms with van der Waals surface area (Å²) in [4.78, 5) is 0.298. The summed E-state index contributed by atoms with van der Waals surface area (Å²) in [5.41, 5.74) is 6.11. The quantitative estimate of drug-likeness (QED) is 0.817. The van der Waals surface area contributed by atoms with Crippen LogP contribution >= 0.6 is 0 Å². The lowest BCUT2D eigenvalue weighted by Gasteiger charge is -2.29. The van der Waals surface area contributed by atoms with Crippen LogP contribution in [-0.2, 0) is 10.0 Å². The van der Waals surface area contributed by atoms with Crippen molar-refractivity contribution >= 4 is 15.7 Å². The van der Waals surface area contributed by atoms with E-state index in [0.717, 1.165) is 12.8 Å². The zero-order valence-corrected chi connectivity index (χ0v) is 10.8. The van der Waals surface area contributed by atoms with Crippen molar-refractivity contribution in [2.24, 2.45) is 5.92 Å². The van der Waals surface area contributed by atoms with Crippen molar-refractivity contribution in [2.75, 3.05) is 18.8 Å². The van der Waals surface area contributed by atoms with Gasteiger partial charge in [0.05, 0.1) is 4.90 Å². The van der Waals surface area contributed by atoms with E-state index in [0.29, 0.717) is 29.6 Å². The number of nitrogens with zero attached hydrogens (tertiary/aromatic N) is 1. The highest BCUT2D eigenvalue weighted by Crippen LogP contribution is 2.24. The normalized spacial score (nSPS) is 19.4. The maximum absolute atomic E-state index is 12.3. The van der Waals surface area contributed by atoms with Gasteiger partial charge in [0.1, 0.15) is 0 Å². The van der Waals surface area contributed by atoms with Crippen LogP contribution in [0, 0.1) is 5.92 Å². The van der Waals surface area contributed by atoms with Crippen LogP contribution in [0.1, 0.15) is 19.8 Å². The summed E-state index contributed by atoms with van der Waals surface area (Å²) in [6.45, 7) is 3.38. The first kappa shape index (κ1) is 12.4. The SMILES string of the molecule is CC1CCN(S(=O)(=O)c2cccc(N)c2)CC1. The average Bonchev–Trinajstić information content (AvgIpc) is 2.29. The van der Waals surface area contributed by atoms with E-state index in [1.165, 1.54) is 6.07 Å². The minimum absolute atomic E-state index is 0.298. The molecule has 1 saturated heterocycles. The number of anilines is 1. The van der Waals surface area contributed by atoms with Crippen molar-refractivity contribution in [1.82, 2.24) is 4.31 Å². The van der Waals surface area contributed by atoms with Gasteiger partial charge in [-0.3, -0.25) is 0 Å². The highest BCUT2D eigenvalue weighted by atomic mass is 32.2. The summed E-state index contributed by atoms with van der Waals surface area (Å²) in [6.07, 6.45) is 1.86. The van der Waals surface area contributed by atoms with Crippen molar-refractivity contribution in [2.45, 2.75) is 24.7 Å². The maximum Gasteiger partial charge on any atom is 0.243 e. The summed E-state index contributed by atoms with van der Waals surface area (Å²) in [7, 11) is -3.35. The van der Waals surface area contributed by atoms with Crippen molar-refractivity contribution in [3.63, 3.8) is 0 Å². The molecule has 0 aliphatic carbocycles. The molecular formula is C12H18N2O2S. The lowest BCUT2D eigenvalue weighted by molar-refractivity contribution is 0.288. The first-order valence-electron chi connectivity index (χ1n) is 5.86. The molecule has 0 atom stereocenters. The molecule has 94 valence electrons. The van der Waals surface area contributed by atoms with E-state index in [9.17, 15) is 8.42 Å². The molecule has 1 aromatic rings. The van der Waals surface area contributed by atoms with Crippen LogP contribution in [-0.4, -0.2) is 25.8 Å². The fraction of sp³-hybridized carbons (Fsp3) is 0.500. The van der Waals surface area contributed by atoms with Gasteiger partial charge in [0, 0.05) is 18.8 Å². The fourth-order valence-corrected chi connectivity index (χ4v) is 3.57. The van der Waals surface area contributed by atoms with Gasteiger partial charge in [0.25, 0.3) is 0 Å². The first-order valence-corrected chi connectivity index (χ1v) is 7.30. The Kier molecular flexibility index (Phi) is 3.40. The zero-order valence-electron chi connectivity index (χ0n) is 9.96. The Hall–Kier alpha value is -1.07. The fourth-order valence-electron chi connectivity index (χ4n) is 2.05. The van der Waals surface area contributed by atoms with Crippen molar-refractivity contribution in [3.05, 3.63) is 24.3 Å². The van der Waals surface area contributed by atoms with Gasteiger partial charge in [-0.15, -0.1) is 0 Å². The number of benzene rings is 1. The molecule has 0 bridgehead atoms. The van der Waals surface area contributed by atoms with Gasteiger partial charge in [-0.25, -0.2) is 8.42 Å². The predicted molar refractivity (Wildman–Crippen MR) is 68.0 cm³/mol. The largest absolute Gasteiger partial charge is 0.399 e. The highest BCUT2D eigenvalue weighted by molar-refractivity contribution is 7.89. The first-order chi connectivity index (χ1) is 8.00. The van der Waals surface area contributed by atoms with E-state index >= 15 is 0 Å². The molecule has 2 N–H and O–H groups in total. The number of rotatable bonds is 2. The molecule has 1 aliphatic heterocycles. The summed E-state index contributed by atoms with van der Waals surface area (Å²) in [6, 6.07) is 6.49. The number of hydrogen-bond acceptors (Lipinski definition) is 3. The molecule has 0 radical (unpaired) electrons. The van der Waals surface area contributed by atoms with E-state index in [-0.39, 0.29) is 0 Å². The molecule has 2 rings (SSSR count). The third-order valence-corrected chi connectivity index (χ3v) is 5.13. The molecule has 1 aromatic carbocycles. The smallest absolute Gasteiger partial charge is 0.243 e. The topological polar surface area (TPSA) is 63.4 Å². The zero-order chi connectivity index (χ0) is 12.5. The molecule has 1 fully saturated rings. The van der Waals surface area contributed by atoms with Crippen LogP contribution < -0.4 is 5.73 Å². The van der Waals surface area contributed by atoms with E-state index < -0.39 is 10.0 Å². The van der Waals surface area contributed by atoms with Gasteiger partial charge in [-0.05, 0) is 37.0 Å². The summed E-state index contributed by atoms with van der Waals surface area (Å²) in [5, 5.41) is 0. The molecular weight excluding hydrogens is 236 g/mol. The molecule has 0 unspecified atom stereocenters. The summed E-state index contributed by atoms with van der Waals surface area (Å²) in [5.74, 6) is 0.613. The van der Waals surface area contributed by atoms with Crippen molar-refractivity contribution in [3.8, 4) is 0 Å². The number of nitrogens with two attached hydrogens (primary N) is 1. The van der Waals surface area contributed by atoms with E-state index in [1.807, 2.05) is 0 Å². The third-order valence-electron chi connectivity index (χ3n) is 3.24. The van der Waals surface area contributed by atoms with Gasteiger partial charge in [-0.1, -0.05) is 13.0 Å². The predicted octanol–water partition coefficient (Wildman–Crippen LogP) is 1.69. The molecule has 17 heavy (non-hydrogen) atoms. The second-order valence-corrected chi connectivity index (χ2v) is 6.60. The van der Waals surface area contributed by atoms with Crippen LogP contribution in [0.5, 0.6) is 0 Å². The second kappa shape index (κ2) is 4.66. The second-order valence-electron chi connectivity index (χ2n) is 4.66. The Balaban J connectivity index is 2.25. The highest BCUT2D eigenvalue weighted by Gasteiger charge is 2.27. The molecule has 1 heterocycles. The molecule has 0 spiro atoms. The lowest BCUT2D eigenvalue weighted by atomic mass is 10.0. The Morgan fingerprint density at radius 3 is 2.53 bits per heavy atom. The third kappa shape index (κ3) is 2.61. The Bertz CT molecular complexity index is 491. The average molecular weight is 254 g/mol. The van der Waals surface area contributed by atoms with Crippen LogP contribution in [0.4, 0.5) is 5.69 Å². The number of piperidine rings is 1. The molecule has 1 aliphatic rings. The Morgan fingerprint density at radius 1 is 1.29 bits per heavy atom. The van der Waals surface area contributed by atoms with Gasteiger partial charge >= 0.3 is 0 Å². The monoisotopic (exact) mass is 254 g/mol. The lowest BCUT2D eigenvalue weighted by Crippen LogP contribution is -2.37. The summed E-state index contributed by atoms with van der Waals surface area (Å²) < 4.78 is 26.2. The van der Waals surface area contributed by atoms with Gasteiger partial charge in [-0.2, -0.15) is 4.31 Å². The molecule has 5 heteroatoms. The van der Waals surface area contributed by atoms with Gasteiger partial charge in [0.15, 0.2) is 0 Å². The number of sulfonamides is 1. The van der Waals surface area contributed by atoms with Crippen molar-refractivity contribution in [1.29, 1.82) is 0 Å². The maximum atomic E-state index is 12.3. The molecule has 0 amide bonds. The summed E-state index contributed by atoms with van der Waals surface area (Å²) >= 11 is 0. The standard InChI is InChI=1S/C12H18N2O2S/c1-10-5-7-14(8-6-10)17(15,16)12-4-2-3-11(13)9-12/h2-4,9-10H,5-8,13H2,1H3.